The third-order valence-electron chi connectivity index (χ3n) is 2.84. The molecule has 20 heavy (non-hydrogen) atoms. The maximum atomic E-state index is 12.1. The zero-order chi connectivity index (χ0) is 15.0. The van der Waals surface area contributed by atoms with Gasteiger partial charge in [0.25, 0.3) is 0 Å². The Morgan fingerprint density at radius 1 is 1.45 bits per heavy atom. The van der Waals surface area contributed by atoms with Crippen LogP contribution in [-0.4, -0.2) is 42.8 Å². The largest absolute Gasteiger partial charge is 0.495 e. The van der Waals surface area contributed by atoms with E-state index in [0.717, 1.165) is 12.8 Å². The molecule has 0 aliphatic rings. The van der Waals surface area contributed by atoms with Crippen LogP contribution in [0.4, 0.5) is 10.5 Å². The van der Waals surface area contributed by atoms with E-state index in [1.807, 2.05) is 0 Å². The predicted octanol–water partition coefficient (Wildman–Crippen LogP) is 2.97. The first-order valence-electron chi connectivity index (χ1n) is 6.62. The Morgan fingerprint density at radius 3 is 2.75 bits per heavy atom. The number of unbranched alkanes of at least 4 members (excludes halogenated alkanes) is 1. The standard InChI is InChI=1S/C14H21ClN2O3/c1-3-4-7-17(8-9-18)14(19)16-11-5-6-13(20-2)12(15)10-11/h5-6,10,18H,3-4,7-9H2,1-2H3,(H,16,19). The first kappa shape index (κ1) is 16.6. The molecule has 1 aromatic carbocycles. The molecule has 0 aliphatic heterocycles. The number of anilines is 1. The molecule has 2 amide bonds. The molecular formula is C14H21ClN2O3. The van der Waals surface area contributed by atoms with Crippen molar-refractivity contribution >= 4 is 23.3 Å². The van der Waals surface area contributed by atoms with Crippen molar-refractivity contribution in [3.8, 4) is 5.75 Å². The van der Waals surface area contributed by atoms with Crippen molar-refractivity contribution in [1.82, 2.24) is 4.90 Å². The van der Waals surface area contributed by atoms with Crippen LogP contribution >= 0.6 is 11.6 Å². The quantitative estimate of drug-likeness (QED) is 0.814. The number of urea groups is 1. The minimum atomic E-state index is -0.242. The van der Waals surface area contributed by atoms with Crippen LogP contribution in [0.1, 0.15) is 19.8 Å². The summed E-state index contributed by atoms with van der Waals surface area (Å²) in [4.78, 5) is 13.7. The van der Waals surface area contributed by atoms with Gasteiger partial charge in [0.05, 0.1) is 18.7 Å². The average Bonchev–Trinajstić information content (AvgIpc) is 2.43. The van der Waals surface area contributed by atoms with Crippen molar-refractivity contribution in [3.05, 3.63) is 23.2 Å². The molecule has 1 rings (SSSR count). The number of aliphatic hydroxyl groups is 1. The predicted molar refractivity (Wildman–Crippen MR) is 80.6 cm³/mol. The van der Waals surface area contributed by atoms with Crippen LogP contribution in [0.15, 0.2) is 18.2 Å². The highest BCUT2D eigenvalue weighted by Crippen LogP contribution is 2.27. The first-order valence-corrected chi connectivity index (χ1v) is 7.00. The summed E-state index contributed by atoms with van der Waals surface area (Å²) in [7, 11) is 1.53. The highest BCUT2D eigenvalue weighted by Gasteiger charge is 2.13. The van der Waals surface area contributed by atoms with Gasteiger partial charge >= 0.3 is 6.03 Å². The number of methoxy groups -OCH3 is 1. The van der Waals surface area contributed by atoms with E-state index >= 15 is 0 Å². The number of hydrogen-bond donors (Lipinski definition) is 2. The third-order valence-corrected chi connectivity index (χ3v) is 3.14. The van der Waals surface area contributed by atoms with Crippen LogP contribution in [0.2, 0.25) is 5.02 Å². The van der Waals surface area contributed by atoms with Crippen LogP contribution in [0.5, 0.6) is 5.75 Å². The normalized spacial score (nSPS) is 10.2. The van der Waals surface area contributed by atoms with Gasteiger partial charge in [-0.1, -0.05) is 24.9 Å². The average molecular weight is 301 g/mol. The van der Waals surface area contributed by atoms with Gasteiger partial charge in [0.2, 0.25) is 0 Å². The van der Waals surface area contributed by atoms with E-state index in [1.54, 1.807) is 23.1 Å². The van der Waals surface area contributed by atoms with E-state index in [2.05, 4.69) is 12.2 Å². The summed E-state index contributed by atoms with van der Waals surface area (Å²) in [5.74, 6) is 0.558. The maximum absolute atomic E-state index is 12.1. The number of ether oxygens (including phenoxy) is 1. The SMILES string of the molecule is CCCCN(CCO)C(=O)Nc1ccc(OC)c(Cl)c1. The van der Waals surface area contributed by atoms with E-state index < -0.39 is 0 Å². The van der Waals surface area contributed by atoms with Crippen LogP contribution < -0.4 is 10.1 Å². The van der Waals surface area contributed by atoms with E-state index in [4.69, 9.17) is 21.4 Å². The molecule has 0 atom stereocenters. The lowest BCUT2D eigenvalue weighted by Crippen LogP contribution is -2.37. The van der Waals surface area contributed by atoms with Gasteiger partial charge in [0.1, 0.15) is 5.75 Å². The summed E-state index contributed by atoms with van der Waals surface area (Å²) >= 11 is 6.01. The number of nitrogens with zero attached hydrogens (tertiary/aromatic N) is 1. The summed E-state index contributed by atoms with van der Waals surface area (Å²) < 4.78 is 5.06. The second kappa shape index (κ2) is 8.66. The van der Waals surface area contributed by atoms with E-state index in [0.29, 0.717) is 29.5 Å². The molecule has 0 heterocycles. The van der Waals surface area contributed by atoms with Crippen LogP contribution in [0, 0.1) is 0 Å². The van der Waals surface area contributed by atoms with Gasteiger partial charge in [-0.3, -0.25) is 0 Å². The Balaban J connectivity index is 2.69. The number of benzene rings is 1. The molecule has 0 unspecified atom stereocenters. The van der Waals surface area contributed by atoms with E-state index in [9.17, 15) is 4.79 Å². The van der Waals surface area contributed by atoms with Crippen molar-refractivity contribution in [2.24, 2.45) is 0 Å². The van der Waals surface area contributed by atoms with Crippen LogP contribution in [0.25, 0.3) is 0 Å². The molecule has 0 spiro atoms. The second-order valence-corrected chi connectivity index (χ2v) is 4.75. The molecule has 2 N–H and O–H groups in total. The topological polar surface area (TPSA) is 61.8 Å². The fourth-order valence-electron chi connectivity index (χ4n) is 1.73. The van der Waals surface area contributed by atoms with Gasteiger partial charge in [0.15, 0.2) is 0 Å². The number of halogens is 1. The van der Waals surface area contributed by atoms with E-state index in [1.165, 1.54) is 7.11 Å². The molecular weight excluding hydrogens is 280 g/mol. The van der Waals surface area contributed by atoms with Crippen molar-refractivity contribution in [2.75, 3.05) is 32.1 Å². The Bertz CT molecular complexity index is 440. The lowest BCUT2D eigenvalue weighted by Gasteiger charge is -2.22. The molecule has 5 nitrogen and oxygen atoms in total. The van der Waals surface area contributed by atoms with Crippen molar-refractivity contribution in [1.29, 1.82) is 0 Å². The second-order valence-electron chi connectivity index (χ2n) is 4.34. The Kier molecular flexibility index (Phi) is 7.18. The Labute approximate surface area is 124 Å². The highest BCUT2D eigenvalue weighted by molar-refractivity contribution is 6.32. The van der Waals surface area contributed by atoms with Crippen molar-refractivity contribution < 1.29 is 14.6 Å². The van der Waals surface area contributed by atoms with Gasteiger partial charge in [-0.2, -0.15) is 0 Å². The van der Waals surface area contributed by atoms with E-state index in [-0.39, 0.29) is 12.6 Å². The number of nitrogens with one attached hydrogen (secondary N) is 1. The molecule has 0 aromatic heterocycles. The minimum absolute atomic E-state index is 0.0551. The van der Waals surface area contributed by atoms with Gasteiger partial charge in [-0.15, -0.1) is 0 Å². The van der Waals surface area contributed by atoms with Crippen molar-refractivity contribution in [2.45, 2.75) is 19.8 Å². The molecule has 112 valence electrons. The lowest BCUT2D eigenvalue weighted by atomic mass is 10.3. The van der Waals surface area contributed by atoms with Gasteiger partial charge in [0, 0.05) is 18.8 Å². The fraction of sp³-hybridized carbons (Fsp3) is 0.500. The number of rotatable bonds is 7. The molecule has 0 fully saturated rings. The molecule has 6 heteroatoms. The fourth-order valence-corrected chi connectivity index (χ4v) is 1.99. The Hall–Kier alpha value is -1.46. The van der Waals surface area contributed by atoms with Gasteiger partial charge in [-0.05, 0) is 24.6 Å². The smallest absolute Gasteiger partial charge is 0.321 e. The van der Waals surface area contributed by atoms with Crippen LogP contribution in [0.3, 0.4) is 0 Å². The molecule has 0 saturated heterocycles. The highest BCUT2D eigenvalue weighted by atomic mass is 35.5. The molecule has 0 saturated carbocycles. The number of carbonyl (C=O) groups is 1. The number of aliphatic hydroxyl groups excluding tert-OH is 1. The van der Waals surface area contributed by atoms with Crippen molar-refractivity contribution in [3.63, 3.8) is 0 Å². The molecule has 0 bridgehead atoms. The summed E-state index contributed by atoms with van der Waals surface area (Å²) in [6, 6.07) is 4.81. The van der Waals surface area contributed by atoms with Gasteiger partial charge < -0.3 is 20.1 Å². The molecule has 0 radical (unpaired) electrons. The number of carbonyl (C=O) groups excluding carboxylic acids is 1. The maximum Gasteiger partial charge on any atom is 0.321 e. The summed E-state index contributed by atoms with van der Waals surface area (Å²) in [6.45, 7) is 2.93. The van der Waals surface area contributed by atoms with Gasteiger partial charge in [-0.25, -0.2) is 4.79 Å². The first-order chi connectivity index (χ1) is 9.62. The monoisotopic (exact) mass is 300 g/mol. The molecule has 0 aliphatic carbocycles. The molecule has 1 aromatic rings. The van der Waals surface area contributed by atoms with Crippen LogP contribution in [-0.2, 0) is 0 Å². The Morgan fingerprint density at radius 2 is 2.20 bits per heavy atom. The summed E-state index contributed by atoms with van der Waals surface area (Å²) in [6.07, 6.45) is 1.89. The third kappa shape index (κ3) is 4.90. The lowest BCUT2D eigenvalue weighted by molar-refractivity contribution is 0.187. The summed E-state index contributed by atoms with van der Waals surface area (Å²) in [5, 5.41) is 12.2. The minimum Gasteiger partial charge on any atom is -0.495 e. The number of amides is 2. The number of hydrogen-bond acceptors (Lipinski definition) is 3. The zero-order valence-corrected chi connectivity index (χ0v) is 12.6. The summed E-state index contributed by atoms with van der Waals surface area (Å²) in [5.41, 5.74) is 0.597. The zero-order valence-electron chi connectivity index (χ0n) is 11.9.